The minimum atomic E-state index is -0.299. The summed E-state index contributed by atoms with van der Waals surface area (Å²) in [6.45, 7) is 10.5. The van der Waals surface area contributed by atoms with Crippen molar-refractivity contribution >= 4 is 17.5 Å². The Morgan fingerprint density at radius 2 is 1.91 bits per heavy atom. The van der Waals surface area contributed by atoms with Crippen molar-refractivity contribution in [1.29, 1.82) is 5.26 Å². The minimum Gasteiger partial charge on any atom is -0.337 e. The zero-order valence-corrected chi connectivity index (χ0v) is 13.9. The van der Waals surface area contributed by atoms with Gasteiger partial charge in [-0.1, -0.05) is 27.4 Å². The van der Waals surface area contributed by atoms with Gasteiger partial charge in [0.2, 0.25) is 5.91 Å². The molecule has 0 bridgehead atoms. The molecular weight excluding hydrogens is 290 g/mol. The fraction of sp³-hybridized carbons (Fsp3) is 0.389. The number of nitrogens with one attached hydrogen (secondary N) is 1. The SMILES string of the molecule is C=CC(=O)Nc1ccc(C(=O)N(CCC#N)CC(C)(C)C)cc1. The number of hydrogen-bond acceptors (Lipinski definition) is 3. The van der Waals surface area contributed by atoms with E-state index >= 15 is 0 Å². The average Bonchev–Trinajstić information content (AvgIpc) is 2.50. The molecule has 0 radical (unpaired) electrons. The second-order valence-corrected chi connectivity index (χ2v) is 6.47. The number of anilines is 1. The van der Waals surface area contributed by atoms with E-state index in [1.807, 2.05) is 20.8 Å². The van der Waals surface area contributed by atoms with E-state index < -0.39 is 0 Å². The van der Waals surface area contributed by atoms with Crippen LogP contribution in [0.25, 0.3) is 0 Å². The van der Waals surface area contributed by atoms with E-state index in [0.717, 1.165) is 0 Å². The second-order valence-electron chi connectivity index (χ2n) is 6.47. The number of nitrogens with zero attached hydrogens (tertiary/aromatic N) is 2. The van der Waals surface area contributed by atoms with Gasteiger partial charge in [0.1, 0.15) is 0 Å². The van der Waals surface area contributed by atoms with E-state index in [9.17, 15) is 9.59 Å². The number of hydrogen-bond donors (Lipinski definition) is 1. The van der Waals surface area contributed by atoms with Gasteiger partial charge in [-0.25, -0.2) is 0 Å². The molecule has 0 spiro atoms. The lowest BCUT2D eigenvalue weighted by molar-refractivity contribution is -0.111. The maximum atomic E-state index is 12.6. The summed E-state index contributed by atoms with van der Waals surface area (Å²) in [6, 6.07) is 8.77. The third-order valence-electron chi connectivity index (χ3n) is 3.03. The highest BCUT2D eigenvalue weighted by Gasteiger charge is 2.21. The van der Waals surface area contributed by atoms with E-state index in [1.165, 1.54) is 6.08 Å². The zero-order chi connectivity index (χ0) is 17.5. The number of nitriles is 1. The molecule has 0 aliphatic carbocycles. The summed E-state index contributed by atoms with van der Waals surface area (Å²) in [6.07, 6.45) is 1.49. The molecule has 1 rings (SSSR count). The monoisotopic (exact) mass is 313 g/mol. The molecule has 2 amide bonds. The molecule has 0 saturated carbocycles. The molecule has 5 nitrogen and oxygen atoms in total. The van der Waals surface area contributed by atoms with Crippen LogP contribution in [0.4, 0.5) is 5.69 Å². The number of carbonyl (C=O) groups is 2. The summed E-state index contributed by atoms with van der Waals surface area (Å²) in [5, 5.41) is 11.4. The van der Waals surface area contributed by atoms with Crippen LogP contribution in [-0.4, -0.2) is 29.8 Å². The third-order valence-corrected chi connectivity index (χ3v) is 3.03. The molecule has 0 unspecified atom stereocenters. The van der Waals surface area contributed by atoms with Crippen LogP contribution in [0.15, 0.2) is 36.9 Å². The van der Waals surface area contributed by atoms with Gasteiger partial charge in [-0.2, -0.15) is 5.26 Å². The smallest absolute Gasteiger partial charge is 0.253 e. The molecule has 1 N–H and O–H groups in total. The third kappa shape index (κ3) is 6.35. The Morgan fingerprint density at radius 1 is 1.30 bits per heavy atom. The number of rotatable bonds is 6. The first-order valence-electron chi connectivity index (χ1n) is 7.46. The minimum absolute atomic E-state index is 0.0526. The van der Waals surface area contributed by atoms with Crippen molar-refractivity contribution in [2.45, 2.75) is 27.2 Å². The van der Waals surface area contributed by atoms with Crippen molar-refractivity contribution in [3.63, 3.8) is 0 Å². The lowest BCUT2D eigenvalue weighted by Crippen LogP contribution is -2.38. The van der Waals surface area contributed by atoms with E-state index in [0.29, 0.717) is 30.8 Å². The Bertz CT molecular complexity index is 607. The molecule has 0 aromatic heterocycles. The molecule has 1 aromatic carbocycles. The van der Waals surface area contributed by atoms with Gasteiger partial charge < -0.3 is 10.2 Å². The molecule has 1 aromatic rings. The van der Waals surface area contributed by atoms with Crippen LogP contribution < -0.4 is 5.32 Å². The first-order chi connectivity index (χ1) is 10.8. The molecular formula is C18H23N3O2. The van der Waals surface area contributed by atoms with E-state index in [4.69, 9.17) is 5.26 Å². The Kier molecular flexibility index (Phi) is 6.52. The lowest BCUT2D eigenvalue weighted by atomic mass is 9.95. The summed E-state index contributed by atoms with van der Waals surface area (Å²) in [5.74, 6) is -0.413. The van der Waals surface area contributed by atoms with Crippen LogP contribution in [0.2, 0.25) is 0 Å². The van der Waals surface area contributed by atoms with Gasteiger partial charge in [-0.3, -0.25) is 9.59 Å². The summed E-state index contributed by atoms with van der Waals surface area (Å²) < 4.78 is 0. The lowest BCUT2D eigenvalue weighted by Gasteiger charge is -2.29. The predicted octanol–water partition coefficient (Wildman–Crippen LogP) is 3.21. The topological polar surface area (TPSA) is 73.2 Å². The quantitative estimate of drug-likeness (QED) is 0.820. The largest absolute Gasteiger partial charge is 0.337 e. The van der Waals surface area contributed by atoms with Crippen LogP contribution in [0, 0.1) is 16.7 Å². The van der Waals surface area contributed by atoms with E-state index in [-0.39, 0.29) is 17.2 Å². The van der Waals surface area contributed by atoms with Gasteiger partial charge in [-0.15, -0.1) is 0 Å². The van der Waals surface area contributed by atoms with Crippen molar-refractivity contribution in [2.24, 2.45) is 5.41 Å². The Morgan fingerprint density at radius 3 is 2.39 bits per heavy atom. The molecule has 23 heavy (non-hydrogen) atoms. The predicted molar refractivity (Wildman–Crippen MR) is 90.9 cm³/mol. The van der Waals surface area contributed by atoms with Crippen molar-refractivity contribution < 1.29 is 9.59 Å². The van der Waals surface area contributed by atoms with Gasteiger partial charge in [0.15, 0.2) is 0 Å². The van der Waals surface area contributed by atoms with Crippen LogP contribution in [-0.2, 0) is 4.79 Å². The van der Waals surface area contributed by atoms with Crippen molar-refractivity contribution in [1.82, 2.24) is 4.90 Å². The van der Waals surface area contributed by atoms with Gasteiger partial charge >= 0.3 is 0 Å². The van der Waals surface area contributed by atoms with E-state index in [2.05, 4.69) is 18.0 Å². The van der Waals surface area contributed by atoms with Gasteiger partial charge in [-0.05, 0) is 35.8 Å². The fourth-order valence-corrected chi connectivity index (χ4v) is 2.08. The van der Waals surface area contributed by atoms with Crippen LogP contribution in [0.3, 0.4) is 0 Å². The van der Waals surface area contributed by atoms with Crippen LogP contribution in [0.1, 0.15) is 37.6 Å². The Labute approximate surface area is 137 Å². The molecule has 0 atom stereocenters. The van der Waals surface area contributed by atoms with Crippen molar-refractivity contribution in [3.05, 3.63) is 42.5 Å². The molecule has 5 heteroatoms. The number of carbonyl (C=O) groups excluding carboxylic acids is 2. The summed E-state index contributed by atoms with van der Waals surface area (Å²) in [7, 11) is 0. The fourth-order valence-electron chi connectivity index (χ4n) is 2.08. The van der Waals surface area contributed by atoms with Gasteiger partial charge in [0.25, 0.3) is 5.91 Å². The first kappa shape index (κ1) is 18.4. The summed E-state index contributed by atoms with van der Waals surface area (Å²) in [4.78, 5) is 25.6. The average molecular weight is 313 g/mol. The van der Waals surface area contributed by atoms with Crippen LogP contribution >= 0.6 is 0 Å². The normalized spacial score (nSPS) is 10.5. The van der Waals surface area contributed by atoms with Crippen molar-refractivity contribution in [3.8, 4) is 6.07 Å². The Hall–Kier alpha value is -2.61. The first-order valence-corrected chi connectivity index (χ1v) is 7.46. The molecule has 0 aliphatic rings. The highest BCUT2D eigenvalue weighted by atomic mass is 16.2. The standard InChI is InChI=1S/C18H23N3O2/c1-5-16(22)20-15-9-7-14(8-10-15)17(23)21(12-6-11-19)13-18(2,3)4/h5,7-10H,1,6,12-13H2,2-4H3,(H,20,22). The number of amides is 2. The molecule has 0 saturated heterocycles. The molecule has 122 valence electrons. The summed E-state index contributed by atoms with van der Waals surface area (Å²) >= 11 is 0. The van der Waals surface area contributed by atoms with E-state index in [1.54, 1.807) is 29.2 Å². The highest BCUT2D eigenvalue weighted by Crippen LogP contribution is 2.18. The molecule has 0 heterocycles. The van der Waals surface area contributed by atoms with Crippen molar-refractivity contribution in [2.75, 3.05) is 18.4 Å². The molecule has 0 fully saturated rings. The molecule has 0 aliphatic heterocycles. The Balaban J connectivity index is 2.88. The maximum absolute atomic E-state index is 12.6. The zero-order valence-electron chi connectivity index (χ0n) is 13.9. The second kappa shape index (κ2) is 8.14. The maximum Gasteiger partial charge on any atom is 0.253 e. The number of benzene rings is 1. The van der Waals surface area contributed by atoms with Gasteiger partial charge in [0.05, 0.1) is 12.5 Å². The highest BCUT2D eigenvalue weighted by molar-refractivity contribution is 5.99. The summed E-state index contributed by atoms with van der Waals surface area (Å²) in [5.41, 5.74) is 1.08. The van der Waals surface area contributed by atoms with Gasteiger partial charge in [0, 0.05) is 24.3 Å². The van der Waals surface area contributed by atoms with Crippen LogP contribution in [0.5, 0.6) is 0 Å².